The van der Waals surface area contributed by atoms with Crippen LogP contribution in [0.25, 0.3) is 5.57 Å². The molecule has 0 bridgehead atoms. The highest BCUT2D eigenvalue weighted by molar-refractivity contribution is 6.16. The smallest absolute Gasteiger partial charge is 0.342 e. The van der Waals surface area contributed by atoms with E-state index in [1.54, 1.807) is 32.8 Å². The van der Waals surface area contributed by atoms with Crippen LogP contribution in [-0.2, 0) is 9.53 Å². The summed E-state index contributed by atoms with van der Waals surface area (Å²) in [6.07, 6.45) is 2.94. The molecule has 7 nitrogen and oxygen atoms in total. The highest BCUT2D eigenvalue weighted by Crippen LogP contribution is 2.26. The molecular weight excluding hydrogens is 262 g/mol. The Balaban J connectivity index is 3.42. The third-order valence-corrected chi connectivity index (χ3v) is 2.34. The van der Waals surface area contributed by atoms with Crippen molar-refractivity contribution in [3.63, 3.8) is 0 Å². The molecule has 0 amide bonds. The lowest BCUT2D eigenvalue weighted by Crippen LogP contribution is -2.14. The van der Waals surface area contributed by atoms with E-state index in [1.807, 2.05) is 0 Å². The fraction of sp³-hybridized carbons (Fsp3) is 0.385. The Hall–Kier alpha value is -2.44. The van der Waals surface area contributed by atoms with Gasteiger partial charge in [0.1, 0.15) is 5.57 Å². The molecule has 0 aliphatic rings. The van der Waals surface area contributed by atoms with Crippen LogP contribution in [0, 0.1) is 17.0 Å². The number of ether oxygens (including phenoxy) is 1. The van der Waals surface area contributed by atoms with E-state index >= 15 is 0 Å². The van der Waals surface area contributed by atoms with Gasteiger partial charge in [-0.1, -0.05) is 0 Å². The number of aryl methyl sites for hydroxylation is 1. The maximum absolute atomic E-state index is 12.0. The van der Waals surface area contributed by atoms with E-state index in [-0.39, 0.29) is 23.6 Å². The van der Waals surface area contributed by atoms with Crippen molar-refractivity contribution in [2.75, 3.05) is 20.7 Å². The van der Waals surface area contributed by atoms with Crippen molar-refractivity contribution >= 4 is 17.2 Å². The summed E-state index contributed by atoms with van der Waals surface area (Å²) in [6.45, 7) is 3.55. The molecule has 7 heteroatoms. The SMILES string of the molecule is CCOC(=O)C(=CN(C)C)c1ncc(C)cc1[N+](=O)[O-]. The number of nitrogens with zero attached hydrogens (tertiary/aromatic N) is 3. The van der Waals surface area contributed by atoms with E-state index in [9.17, 15) is 14.9 Å². The van der Waals surface area contributed by atoms with Gasteiger partial charge in [-0.05, 0) is 19.4 Å². The molecule has 0 fully saturated rings. The topological polar surface area (TPSA) is 85.6 Å². The number of carbonyl (C=O) groups excluding carboxylic acids is 1. The zero-order chi connectivity index (χ0) is 15.3. The van der Waals surface area contributed by atoms with Crippen LogP contribution in [0.2, 0.25) is 0 Å². The second-order valence-corrected chi connectivity index (χ2v) is 4.36. The van der Waals surface area contributed by atoms with Crippen molar-refractivity contribution in [3.05, 3.63) is 39.8 Å². The summed E-state index contributed by atoms with van der Waals surface area (Å²) in [5.41, 5.74) is 0.496. The molecule has 20 heavy (non-hydrogen) atoms. The monoisotopic (exact) mass is 279 g/mol. The summed E-state index contributed by atoms with van der Waals surface area (Å²) in [4.78, 5) is 28.1. The van der Waals surface area contributed by atoms with Crippen LogP contribution in [0.3, 0.4) is 0 Å². The molecular formula is C13H17N3O4. The Kier molecular flexibility index (Phi) is 5.19. The zero-order valence-corrected chi connectivity index (χ0v) is 11.9. The van der Waals surface area contributed by atoms with Crippen molar-refractivity contribution in [1.29, 1.82) is 0 Å². The summed E-state index contributed by atoms with van der Waals surface area (Å²) in [6, 6.07) is 1.38. The van der Waals surface area contributed by atoms with Crippen molar-refractivity contribution in [1.82, 2.24) is 9.88 Å². The Morgan fingerprint density at radius 1 is 1.55 bits per heavy atom. The molecule has 1 aromatic rings. The van der Waals surface area contributed by atoms with Crippen LogP contribution >= 0.6 is 0 Å². The number of hydrogen-bond donors (Lipinski definition) is 0. The minimum atomic E-state index is -0.638. The molecule has 0 aliphatic heterocycles. The maximum Gasteiger partial charge on any atom is 0.342 e. The lowest BCUT2D eigenvalue weighted by molar-refractivity contribution is -0.385. The first-order chi connectivity index (χ1) is 9.36. The zero-order valence-electron chi connectivity index (χ0n) is 11.9. The molecule has 0 aromatic carbocycles. The summed E-state index contributed by atoms with van der Waals surface area (Å²) in [5, 5.41) is 11.1. The normalized spacial score (nSPS) is 11.1. The summed E-state index contributed by atoms with van der Waals surface area (Å²) < 4.78 is 4.93. The second-order valence-electron chi connectivity index (χ2n) is 4.36. The molecule has 0 spiro atoms. The van der Waals surface area contributed by atoms with Gasteiger partial charge in [-0.25, -0.2) is 9.78 Å². The van der Waals surface area contributed by atoms with Crippen LogP contribution in [0.5, 0.6) is 0 Å². The van der Waals surface area contributed by atoms with Crippen molar-refractivity contribution < 1.29 is 14.5 Å². The van der Waals surface area contributed by atoms with Crippen molar-refractivity contribution in [3.8, 4) is 0 Å². The van der Waals surface area contributed by atoms with E-state index in [1.165, 1.54) is 18.5 Å². The molecule has 0 unspecified atom stereocenters. The number of pyridine rings is 1. The number of rotatable bonds is 5. The number of nitro groups is 1. The molecule has 0 N–H and O–H groups in total. The van der Waals surface area contributed by atoms with E-state index in [0.29, 0.717) is 5.56 Å². The van der Waals surface area contributed by atoms with Crippen molar-refractivity contribution in [2.45, 2.75) is 13.8 Å². The van der Waals surface area contributed by atoms with Gasteiger partial charge in [0.2, 0.25) is 0 Å². The molecule has 0 saturated carbocycles. The Morgan fingerprint density at radius 2 is 2.20 bits per heavy atom. The van der Waals surface area contributed by atoms with Gasteiger partial charge >= 0.3 is 5.97 Å². The van der Waals surface area contributed by atoms with Gasteiger partial charge in [-0.15, -0.1) is 0 Å². The fourth-order valence-corrected chi connectivity index (χ4v) is 1.58. The molecule has 0 saturated heterocycles. The Bertz CT molecular complexity index is 553. The summed E-state index contributed by atoms with van der Waals surface area (Å²) in [7, 11) is 3.42. The summed E-state index contributed by atoms with van der Waals surface area (Å²) in [5.74, 6) is -0.638. The van der Waals surface area contributed by atoms with E-state index in [4.69, 9.17) is 4.74 Å². The van der Waals surface area contributed by atoms with Gasteiger partial charge < -0.3 is 9.64 Å². The van der Waals surface area contributed by atoms with Crippen molar-refractivity contribution in [2.24, 2.45) is 0 Å². The first-order valence-electron chi connectivity index (χ1n) is 6.03. The van der Waals surface area contributed by atoms with Crippen LogP contribution < -0.4 is 0 Å². The molecule has 1 aromatic heterocycles. The lowest BCUT2D eigenvalue weighted by atomic mass is 10.1. The predicted octanol–water partition coefficient (Wildman–Crippen LogP) is 1.76. The van der Waals surface area contributed by atoms with Gasteiger partial charge in [-0.3, -0.25) is 10.1 Å². The third kappa shape index (κ3) is 3.78. The number of carbonyl (C=O) groups is 1. The van der Waals surface area contributed by atoms with Crippen LogP contribution in [-0.4, -0.2) is 41.5 Å². The molecule has 0 radical (unpaired) electrons. The highest BCUT2D eigenvalue weighted by Gasteiger charge is 2.25. The van der Waals surface area contributed by atoms with Gasteiger partial charge in [0.05, 0.1) is 11.5 Å². The molecule has 0 aliphatic carbocycles. The van der Waals surface area contributed by atoms with Gasteiger partial charge in [0, 0.05) is 32.6 Å². The standard InChI is InChI=1S/C13H17N3O4/c1-5-20-13(17)10(8-15(3)4)12-11(16(18)19)6-9(2)7-14-12/h6-8H,5H2,1-4H3. The first-order valence-corrected chi connectivity index (χ1v) is 6.03. The molecule has 1 rings (SSSR count). The Morgan fingerprint density at radius 3 is 2.70 bits per heavy atom. The van der Waals surface area contributed by atoms with E-state index in [0.717, 1.165) is 0 Å². The lowest BCUT2D eigenvalue weighted by Gasteiger charge is -2.11. The number of hydrogen-bond acceptors (Lipinski definition) is 6. The molecule has 108 valence electrons. The van der Waals surface area contributed by atoms with E-state index < -0.39 is 10.9 Å². The van der Waals surface area contributed by atoms with Gasteiger partial charge in [-0.2, -0.15) is 0 Å². The predicted molar refractivity (Wildman–Crippen MR) is 73.9 cm³/mol. The van der Waals surface area contributed by atoms with Gasteiger partial charge in [0.25, 0.3) is 5.69 Å². The third-order valence-electron chi connectivity index (χ3n) is 2.34. The Labute approximate surface area is 117 Å². The summed E-state index contributed by atoms with van der Waals surface area (Å²) >= 11 is 0. The fourth-order valence-electron chi connectivity index (χ4n) is 1.58. The average molecular weight is 279 g/mol. The van der Waals surface area contributed by atoms with Crippen LogP contribution in [0.15, 0.2) is 18.5 Å². The number of aromatic nitrogens is 1. The largest absolute Gasteiger partial charge is 0.462 e. The molecule has 1 heterocycles. The molecule has 0 atom stereocenters. The van der Waals surface area contributed by atoms with E-state index in [2.05, 4.69) is 4.98 Å². The number of esters is 1. The maximum atomic E-state index is 12.0. The van der Waals surface area contributed by atoms with Gasteiger partial charge in [0.15, 0.2) is 5.69 Å². The van der Waals surface area contributed by atoms with Crippen LogP contribution in [0.1, 0.15) is 18.2 Å². The minimum absolute atomic E-state index is 0.00718. The highest BCUT2D eigenvalue weighted by atomic mass is 16.6. The average Bonchev–Trinajstić information content (AvgIpc) is 2.36. The quantitative estimate of drug-likeness (QED) is 0.353. The minimum Gasteiger partial charge on any atom is -0.462 e. The first kappa shape index (κ1) is 15.6. The second kappa shape index (κ2) is 6.65. The van der Waals surface area contributed by atoms with Crippen LogP contribution in [0.4, 0.5) is 5.69 Å².